The molecule has 0 aliphatic rings. The Morgan fingerprint density at radius 1 is 1.46 bits per heavy atom. The monoisotopic (exact) mass is 188 g/mol. The van der Waals surface area contributed by atoms with E-state index < -0.39 is 6.04 Å². The Labute approximate surface area is 79.5 Å². The number of hydrogen-bond acceptors (Lipinski definition) is 3. The maximum atomic E-state index is 11.1. The molecule has 4 nitrogen and oxygen atoms in total. The van der Waals surface area contributed by atoms with Crippen LogP contribution in [0.1, 0.15) is 27.2 Å². The molecule has 0 aromatic rings. The fourth-order valence-electron chi connectivity index (χ4n) is 1.08. The summed E-state index contributed by atoms with van der Waals surface area (Å²) in [7, 11) is 0. The molecule has 0 aliphatic heterocycles. The summed E-state index contributed by atoms with van der Waals surface area (Å²) in [5.41, 5.74) is 5.38. The zero-order valence-electron chi connectivity index (χ0n) is 8.58. The van der Waals surface area contributed by atoms with Crippen molar-refractivity contribution in [3.63, 3.8) is 0 Å². The van der Waals surface area contributed by atoms with Crippen molar-refractivity contribution in [1.29, 1.82) is 0 Å². The summed E-state index contributed by atoms with van der Waals surface area (Å²) in [4.78, 5) is 11.1. The maximum absolute atomic E-state index is 11.1. The number of nitrogens with one attached hydrogen (secondary N) is 1. The highest BCUT2D eigenvalue weighted by Gasteiger charge is 2.14. The summed E-state index contributed by atoms with van der Waals surface area (Å²) in [5, 5.41) is 11.6. The highest BCUT2D eigenvalue weighted by molar-refractivity contribution is 5.81. The van der Waals surface area contributed by atoms with Crippen LogP contribution >= 0.6 is 0 Å². The zero-order chi connectivity index (χ0) is 10.4. The van der Waals surface area contributed by atoms with Crippen LogP contribution in [-0.4, -0.2) is 29.7 Å². The highest BCUT2D eigenvalue weighted by Crippen LogP contribution is 2.03. The van der Waals surface area contributed by atoms with Crippen LogP contribution in [0.15, 0.2) is 0 Å². The molecule has 1 amide bonds. The largest absolute Gasteiger partial charge is 0.394 e. The van der Waals surface area contributed by atoms with Crippen molar-refractivity contribution in [3.05, 3.63) is 0 Å². The van der Waals surface area contributed by atoms with Crippen LogP contribution in [0.3, 0.4) is 0 Å². The van der Waals surface area contributed by atoms with Crippen molar-refractivity contribution in [2.24, 2.45) is 11.7 Å². The predicted octanol–water partition coefficient (Wildman–Crippen LogP) is -0.143. The van der Waals surface area contributed by atoms with Gasteiger partial charge in [-0.1, -0.05) is 13.8 Å². The lowest BCUT2D eigenvalue weighted by Crippen LogP contribution is -2.45. The van der Waals surface area contributed by atoms with Gasteiger partial charge >= 0.3 is 0 Å². The number of rotatable bonds is 5. The first-order valence-electron chi connectivity index (χ1n) is 4.64. The average Bonchev–Trinajstić information content (AvgIpc) is 2.02. The lowest BCUT2D eigenvalue weighted by Gasteiger charge is -2.19. The molecule has 0 bridgehead atoms. The molecule has 0 fully saturated rings. The van der Waals surface area contributed by atoms with Gasteiger partial charge in [-0.15, -0.1) is 0 Å². The Kier molecular flexibility index (Phi) is 5.66. The number of nitrogens with two attached hydrogens (primary N) is 1. The number of aliphatic hydroxyl groups excluding tert-OH is 1. The molecule has 78 valence electrons. The van der Waals surface area contributed by atoms with Gasteiger partial charge < -0.3 is 16.2 Å². The number of hydrogen-bond donors (Lipinski definition) is 3. The fourth-order valence-corrected chi connectivity index (χ4v) is 1.08. The Hall–Kier alpha value is -0.610. The number of amides is 1. The molecule has 0 aromatic heterocycles. The standard InChI is InChI=1S/C9H20N2O2/c1-6(2)4-8(5-12)11-9(13)7(3)10/h6-8,12H,4-5,10H2,1-3H3,(H,11,13)/t7-,8?/m0/s1. The van der Waals surface area contributed by atoms with E-state index in [1.165, 1.54) is 0 Å². The van der Waals surface area contributed by atoms with E-state index in [0.29, 0.717) is 5.92 Å². The van der Waals surface area contributed by atoms with Crippen molar-refractivity contribution in [2.75, 3.05) is 6.61 Å². The van der Waals surface area contributed by atoms with Crippen molar-refractivity contribution >= 4 is 5.91 Å². The molecule has 2 atom stereocenters. The summed E-state index contributed by atoms with van der Waals surface area (Å²) < 4.78 is 0. The van der Waals surface area contributed by atoms with Crippen molar-refractivity contribution in [1.82, 2.24) is 5.32 Å². The topological polar surface area (TPSA) is 75.3 Å². The summed E-state index contributed by atoms with van der Waals surface area (Å²) in [6, 6.07) is -0.681. The number of aliphatic hydroxyl groups is 1. The van der Waals surface area contributed by atoms with Crippen LogP contribution in [0.5, 0.6) is 0 Å². The molecule has 0 rings (SSSR count). The van der Waals surface area contributed by atoms with E-state index in [2.05, 4.69) is 5.32 Å². The van der Waals surface area contributed by atoms with Gasteiger partial charge in [0.2, 0.25) is 5.91 Å². The molecule has 0 aliphatic carbocycles. The average molecular weight is 188 g/mol. The molecule has 0 spiro atoms. The lowest BCUT2D eigenvalue weighted by atomic mass is 10.0. The third kappa shape index (κ3) is 5.60. The lowest BCUT2D eigenvalue weighted by molar-refractivity contribution is -0.123. The second-order valence-electron chi connectivity index (χ2n) is 3.81. The smallest absolute Gasteiger partial charge is 0.236 e. The van der Waals surface area contributed by atoms with E-state index in [4.69, 9.17) is 10.8 Å². The van der Waals surface area contributed by atoms with E-state index in [9.17, 15) is 4.79 Å². The first-order chi connectivity index (χ1) is 5.97. The van der Waals surface area contributed by atoms with Crippen molar-refractivity contribution < 1.29 is 9.90 Å². The number of carbonyl (C=O) groups is 1. The Morgan fingerprint density at radius 2 is 2.00 bits per heavy atom. The molecule has 13 heavy (non-hydrogen) atoms. The van der Waals surface area contributed by atoms with Gasteiger partial charge in [0.1, 0.15) is 0 Å². The SMILES string of the molecule is CC(C)CC(CO)NC(=O)[C@H](C)N. The summed E-state index contributed by atoms with van der Waals surface area (Å²) in [5.74, 6) is 0.241. The maximum Gasteiger partial charge on any atom is 0.236 e. The van der Waals surface area contributed by atoms with Crippen LogP contribution in [-0.2, 0) is 4.79 Å². The quantitative estimate of drug-likeness (QED) is 0.562. The highest BCUT2D eigenvalue weighted by atomic mass is 16.3. The van der Waals surface area contributed by atoms with Gasteiger partial charge in [-0.2, -0.15) is 0 Å². The van der Waals surface area contributed by atoms with Crippen LogP contribution in [0.4, 0.5) is 0 Å². The van der Waals surface area contributed by atoms with E-state index in [1.54, 1.807) is 6.92 Å². The molecule has 0 radical (unpaired) electrons. The third-order valence-electron chi connectivity index (χ3n) is 1.74. The van der Waals surface area contributed by atoms with Crippen molar-refractivity contribution in [3.8, 4) is 0 Å². The molecule has 0 saturated carbocycles. The number of carbonyl (C=O) groups excluding carboxylic acids is 1. The molecular formula is C9H20N2O2. The van der Waals surface area contributed by atoms with Gasteiger partial charge in [0, 0.05) is 0 Å². The summed E-state index contributed by atoms with van der Waals surface area (Å²) in [6.07, 6.45) is 0.773. The Morgan fingerprint density at radius 3 is 2.31 bits per heavy atom. The van der Waals surface area contributed by atoms with Crippen LogP contribution in [0, 0.1) is 5.92 Å². The molecule has 4 heteroatoms. The second kappa shape index (κ2) is 5.94. The second-order valence-corrected chi connectivity index (χ2v) is 3.81. The van der Waals surface area contributed by atoms with E-state index in [1.807, 2.05) is 13.8 Å². The summed E-state index contributed by atoms with van der Waals surface area (Å²) >= 11 is 0. The van der Waals surface area contributed by atoms with E-state index in [-0.39, 0.29) is 18.6 Å². The van der Waals surface area contributed by atoms with Crippen LogP contribution in [0.25, 0.3) is 0 Å². The molecule has 0 saturated heterocycles. The Bertz CT molecular complexity index is 158. The van der Waals surface area contributed by atoms with Gasteiger partial charge in [0.25, 0.3) is 0 Å². The molecular weight excluding hydrogens is 168 g/mol. The van der Waals surface area contributed by atoms with Gasteiger partial charge in [-0.05, 0) is 19.3 Å². The van der Waals surface area contributed by atoms with E-state index >= 15 is 0 Å². The van der Waals surface area contributed by atoms with E-state index in [0.717, 1.165) is 6.42 Å². The zero-order valence-corrected chi connectivity index (χ0v) is 8.58. The molecule has 0 heterocycles. The molecule has 1 unspecified atom stereocenters. The molecule has 0 aromatic carbocycles. The fraction of sp³-hybridized carbons (Fsp3) is 0.889. The molecule has 4 N–H and O–H groups in total. The van der Waals surface area contributed by atoms with Gasteiger partial charge in [-0.25, -0.2) is 0 Å². The first kappa shape index (κ1) is 12.4. The Balaban J connectivity index is 3.90. The van der Waals surface area contributed by atoms with Crippen LogP contribution in [0.2, 0.25) is 0 Å². The van der Waals surface area contributed by atoms with Crippen molar-refractivity contribution in [2.45, 2.75) is 39.3 Å². The normalized spacial score (nSPS) is 15.5. The van der Waals surface area contributed by atoms with Gasteiger partial charge in [0.15, 0.2) is 0 Å². The minimum atomic E-state index is -0.513. The minimum absolute atomic E-state index is 0.0311. The van der Waals surface area contributed by atoms with Crippen LogP contribution < -0.4 is 11.1 Å². The minimum Gasteiger partial charge on any atom is -0.394 e. The first-order valence-corrected chi connectivity index (χ1v) is 4.64. The van der Waals surface area contributed by atoms with Gasteiger partial charge in [-0.3, -0.25) is 4.79 Å². The third-order valence-corrected chi connectivity index (χ3v) is 1.74. The predicted molar refractivity (Wildman–Crippen MR) is 52.1 cm³/mol. The van der Waals surface area contributed by atoms with Gasteiger partial charge in [0.05, 0.1) is 18.7 Å². The summed E-state index contributed by atoms with van der Waals surface area (Å²) in [6.45, 7) is 5.68.